The van der Waals surface area contributed by atoms with E-state index in [-0.39, 0.29) is 59.1 Å². The molecule has 0 aromatic heterocycles. The molecule has 0 spiro atoms. The van der Waals surface area contributed by atoms with E-state index in [1.165, 1.54) is 77.0 Å². The van der Waals surface area contributed by atoms with Crippen LogP contribution in [0.2, 0.25) is 0 Å². The summed E-state index contributed by atoms with van der Waals surface area (Å²) in [6, 6.07) is 0. The molecule has 0 aromatic carbocycles. The maximum atomic E-state index is 10.1. The number of hydrogen-bond donors (Lipinski definition) is 0. The monoisotopic (exact) mass is 350 g/mol. The Hall–Kier alpha value is 2.31. The van der Waals surface area contributed by atoms with E-state index in [4.69, 9.17) is 0 Å². The largest absolute Gasteiger partial charge is 1.00 e. The van der Waals surface area contributed by atoms with Crippen LogP contribution >= 0.6 is 8.60 Å². The summed E-state index contributed by atoms with van der Waals surface area (Å²) in [7, 11) is -2.64. The van der Waals surface area contributed by atoms with Crippen molar-refractivity contribution >= 4 is 8.60 Å². The van der Waals surface area contributed by atoms with E-state index in [1.54, 1.807) is 0 Å². The zero-order chi connectivity index (χ0) is 14.9. The molecule has 0 aliphatic heterocycles. The normalized spacial score (nSPS) is 10.4. The summed E-state index contributed by atoms with van der Waals surface area (Å²) < 4.78 is 4.50. The minimum atomic E-state index is -2.64. The molecular weight excluding hydrogens is 317 g/mol. The molecule has 0 amide bonds. The molecule has 0 aliphatic rings. The predicted molar refractivity (Wildman–Crippen MR) is 83.2 cm³/mol. The van der Waals surface area contributed by atoms with Gasteiger partial charge in [-0.2, -0.15) is 8.60 Å². The molecule has 0 heterocycles. The third-order valence-electron chi connectivity index (χ3n) is 3.69. The second-order valence-corrected chi connectivity index (χ2v) is 6.36. The van der Waals surface area contributed by atoms with Gasteiger partial charge in [-0.05, 0) is 6.42 Å². The molecule has 0 unspecified atom stereocenters. The Morgan fingerprint density at radius 3 is 1.23 bits per heavy atom. The van der Waals surface area contributed by atoms with E-state index in [2.05, 4.69) is 11.4 Å². The smallest absolute Gasteiger partial charge is 0.820 e. The van der Waals surface area contributed by atoms with E-state index in [9.17, 15) is 9.79 Å². The number of unbranched alkanes of at least 4 members (excludes halogenated alkanes) is 13. The van der Waals surface area contributed by atoms with Gasteiger partial charge in [-0.15, -0.1) is 0 Å². The zero-order valence-electron chi connectivity index (χ0n) is 15.3. The Morgan fingerprint density at radius 2 is 0.909 bits per heavy atom. The van der Waals surface area contributed by atoms with Crippen molar-refractivity contribution in [3.63, 3.8) is 0 Å². The average molecular weight is 350 g/mol. The minimum absolute atomic E-state index is 0. The molecule has 122 valence electrons. The fourth-order valence-corrected chi connectivity index (χ4v) is 2.71. The van der Waals surface area contributed by atoms with E-state index < -0.39 is 8.60 Å². The van der Waals surface area contributed by atoms with Crippen molar-refractivity contribution in [1.29, 1.82) is 0 Å². The molecule has 3 nitrogen and oxygen atoms in total. The first-order valence-electron chi connectivity index (χ1n) is 8.54. The first-order chi connectivity index (χ1) is 9.77. The van der Waals surface area contributed by atoms with Gasteiger partial charge in [-0.25, -0.2) is 0 Å². The van der Waals surface area contributed by atoms with Gasteiger partial charge >= 0.3 is 59.1 Å². The van der Waals surface area contributed by atoms with E-state index in [1.807, 2.05) is 0 Å². The summed E-state index contributed by atoms with van der Waals surface area (Å²) in [5, 5.41) is 0. The average Bonchev–Trinajstić information content (AvgIpc) is 2.43. The zero-order valence-corrected chi connectivity index (χ0v) is 20.2. The first-order valence-corrected chi connectivity index (χ1v) is 9.64. The summed E-state index contributed by atoms with van der Waals surface area (Å²) in [6.07, 6.45) is 18.3. The predicted octanol–water partition coefficient (Wildman–Crippen LogP) is -1.56. The fraction of sp³-hybridized carbons (Fsp3) is 1.00. The first kappa shape index (κ1) is 29.1. The summed E-state index contributed by atoms with van der Waals surface area (Å²) >= 11 is 0. The van der Waals surface area contributed by atoms with Crippen LogP contribution in [0.4, 0.5) is 0 Å². The third-order valence-corrected chi connectivity index (χ3v) is 4.09. The molecule has 0 N–H and O–H groups in total. The van der Waals surface area contributed by atoms with Crippen molar-refractivity contribution < 1.29 is 73.4 Å². The minimum Gasteiger partial charge on any atom is -0.820 e. The van der Waals surface area contributed by atoms with Crippen LogP contribution in [0.3, 0.4) is 0 Å². The van der Waals surface area contributed by atoms with Gasteiger partial charge in [0, 0.05) is 6.61 Å². The molecule has 0 atom stereocenters. The fourth-order valence-electron chi connectivity index (χ4n) is 2.44. The summed E-state index contributed by atoms with van der Waals surface area (Å²) in [6.45, 7) is 2.62. The second kappa shape index (κ2) is 25.5. The van der Waals surface area contributed by atoms with Crippen molar-refractivity contribution in [3.05, 3.63) is 0 Å². The molecule has 0 saturated carbocycles. The molecular formula is C16H33Na2O3P. The van der Waals surface area contributed by atoms with Crippen molar-refractivity contribution in [2.75, 3.05) is 6.61 Å². The van der Waals surface area contributed by atoms with Crippen molar-refractivity contribution in [3.8, 4) is 0 Å². The maximum Gasteiger partial charge on any atom is 1.00 e. The second-order valence-electron chi connectivity index (χ2n) is 5.65. The summed E-state index contributed by atoms with van der Waals surface area (Å²) in [5.74, 6) is 0. The van der Waals surface area contributed by atoms with E-state index in [0.29, 0.717) is 6.61 Å². The van der Waals surface area contributed by atoms with Crippen molar-refractivity contribution in [2.24, 2.45) is 0 Å². The molecule has 0 aliphatic carbocycles. The Labute approximate surface area is 184 Å². The maximum absolute atomic E-state index is 10.1. The van der Waals surface area contributed by atoms with Crippen LogP contribution in [-0.4, -0.2) is 6.61 Å². The van der Waals surface area contributed by atoms with Gasteiger partial charge in [0.25, 0.3) is 0 Å². The number of hydrogen-bond acceptors (Lipinski definition) is 3. The van der Waals surface area contributed by atoms with Gasteiger partial charge in [0.05, 0.1) is 0 Å². The molecule has 0 rings (SSSR count). The molecule has 0 saturated heterocycles. The molecule has 0 aromatic rings. The third kappa shape index (κ3) is 27.2. The van der Waals surface area contributed by atoms with Crippen molar-refractivity contribution in [2.45, 2.75) is 96.8 Å². The Bertz CT molecular complexity index is 187. The van der Waals surface area contributed by atoms with Gasteiger partial charge in [0.2, 0.25) is 0 Å². The Balaban J connectivity index is -0.00000180. The Kier molecular flexibility index (Phi) is 33.8. The van der Waals surface area contributed by atoms with Gasteiger partial charge < -0.3 is 14.3 Å². The van der Waals surface area contributed by atoms with Gasteiger partial charge in [-0.3, -0.25) is 0 Å². The van der Waals surface area contributed by atoms with Crippen LogP contribution in [0.5, 0.6) is 0 Å². The van der Waals surface area contributed by atoms with Crippen LogP contribution in [0.25, 0.3) is 0 Å². The topological polar surface area (TPSA) is 55.3 Å². The van der Waals surface area contributed by atoms with Crippen LogP contribution in [-0.2, 0) is 4.52 Å². The van der Waals surface area contributed by atoms with E-state index >= 15 is 0 Å². The standard InChI is InChI=1S/C16H33O3P.2Na/c1-2-3-4-5-6-7-8-9-10-11-12-13-14-15-16-19-20(17)18;;/h2-16H2,1H3;;/q-2;2*+1. The van der Waals surface area contributed by atoms with Gasteiger partial charge in [-0.1, -0.05) is 90.4 Å². The van der Waals surface area contributed by atoms with E-state index in [0.717, 1.165) is 12.8 Å². The van der Waals surface area contributed by atoms with Crippen LogP contribution in [0.1, 0.15) is 96.8 Å². The molecule has 0 bridgehead atoms. The Morgan fingerprint density at radius 1 is 0.591 bits per heavy atom. The van der Waals surface area contributed by atoms with Gasteiger partial charge in [0.15, 0.2) is 0 Å². The summed E-state index contributed by atoms with van der Waals surface area (Å²) in [5.41, 5.74) is 0. The SMILES string of the molecule is CCCCCCCCCCCCCCCCOP([O-])[O-].[Na+].[Na+]. The van der Waals surface area contributed by atoms with Crippen LogP contribution in [0, 0.1) is 0 Å². The summed E-state index contributed by atoms with van der Waals surface area (Å²) in [4.78, 5) is 20.3. The molecule has 0 fully saturated rings. The number of rotatable bonds is 16. The van der Waals surface area contributed by atoms with Crippen molar-refractivity contribution in [1.82, 2.24) is 0 Å². The molecule has 0 radical (unpaired) electrons. The molecule has 22 heavy (non-hydrogen) atoms. The van der Waals surface area contributed by atoms with Crippen LogP contribution in [0.15, 0.2) is 0 Å². The quantitative estimate of drug-likeness (QED) is 0.192. The van der Waals surface area contributed by atoms with Gasteiger partial charge in [0.1, 0.15) is 0 Å². The van der Waals surface area contributed by atoms with Crippen LogP contribution < -0.4 is 68.9 Å². The molecule has 6 heteroatoms.